The number of aryl methyl sites for hydroxylation is 2. The van der Waals surface area contributed by atoms with Gasteiger partial charge < -0.3 is 22.3 Å². The van der Waals surface area contributed by atoms with Crippen molar-refractivity contribution in [3.05, 3.63) is 146 Å². The first kappa shape index (κ1) is 28.8. The molecule has 7 nitrogen and oxygen atoms in total. The molecule has 10 rings (SSSR count). The number of hydrogen-bond acceptors (Lipinski definition) is 1. The fourth-order valence-electron chi connectivity index (χ4n) is 7.30. The summed E-state index contributed by atoms with van der Waals surface area (Å²) < 4.78 is 13.6. The van der Waals surface area contributed by atoms with Crippen molar-refractivity contribution in [3.63, 3.8) is 0 Å². The molecule has 0 saturated carbocycles. The number of hydrogen-bond donors (Lipinski definition) is 0. The summed E-state index contributed by atoms with van der Waals surface area (Å²) in [5.74, 6) is 1.79. The number of aromatic nitrogens is 7. The van der Waals surface area contributed by atoms with Gasteiger partial charge in [-0.1, -0.05) is 102 Å². The predicted molar refractivity (Wildman–Crippen MR) is 191 cm³/mol. The molecule has 48 heavy (non-hydrogen) atoms. The number of nitrogens with zero attached hydrogens (tertiary/aromatic N) is 7. The molecule has 6 aromatic heterocycles. The van der Waals surface area contributed by atoms with Crippen molar-refractivity contribution >= 4 is 69.1 Å². The van der Waals surface area contributed by atoms with Crippen LogP contribution in [0.5, 0.6) is 0 Å². The molecule has 0 N–H and O–H groups in total. The zero-order chi connectivity index (χ0) is 31.2. The fourth-order valence-corrected chi connectivity index (χ4v) is 9.99. The van der Waals surface area contributed by atoms with Gasteiger partial charge in [-0.05, 0) is 41.7 Å². The van der Waals surface area contributed by atoms with Gasteiger partial charge in [-0.2, -0.15) is 11.1 Å². The first-order chi connectivity index (χ1) is 23.2. The van der Waals surface area contributed by atoms with E-state index in [1.165, 1.54) is 26.8 Å². The topological polar surface area (TPSA) is 42.0 Å². The zero-order valence-electron chi connectivity index (χ0n) is 26.5. The Hall–Kier alpha value is -5.37. The normalized spacial score (nSPS) is 12.0. The SMILES string of the molecule is Cn1cc[c-]c1-n1ccc2c1nc(-n1c3ccccc3n3c4c5ccccc5n([Si](c5ccccc5)c5ccccc5)c4[c-]c13)n2C.[Zn+2]. The van der Waals surface area contributed by atoms with E-state index in [9.17, 15) is 0 Å². The van der Waals surface area contributed by atoms with Crippen molar-refractivity contribution in [3.8, 4) is 11.8 Å². The summed E-state index contributed by atoms with van der Waals surface area (Å²) in [5.41, 5.74) is 8.60. The van der Waals surface area contributed by atoms with E-state index in [1.54, 1.807) is 0 Å². The van der Waals surface area contributed by atoms with E-state index in [0.29, 0.717) is 0 Å². The maximum atomic E-state index is 5.30. The Morgan fingerprint density at radius 3 is 2.00 bits per heavy atom. The Labute approximate surface area is 290 Å². The molecular weight excluding hydrogens is 660 g/mol. The molecule has 4 aromatic carbocycles. The van der Waals surface area contributed by atoms with Crippen LogP contribution in [0.3, 0.4) is 0 Å². The summed E-state index contributed by atoms with van der Waals surface area (Å²) in [4.78, 5) is 5.30. The van der Waals surface area contributed by atoms with E-state index >= 15 is 0 Å². The summed E-state index contributed by atoms with van der Waals surface area (Å²) in [6, 6.07) is 50.7. The van der Waals surface area contributed by atoms with Crippen molar-refractivity contribution in [2.45, 2.75) is 0 Å². The quantitative estimate of drug-likeness (QED) is 0.156. The first-order valence-electron chi connectivity index (χ1n) is 15.7. The summed E-state index contributed by atoms with van der Waals surface area (Å²) >= 11 is 0. The Morgan fingerprint density at radius 1 is 0.667 bits per heavy atom. The second kappa shape index (κ2) is 10.8. The summed E-state index contributed by atoms with van der Waals surface area (Å²) in [6.07, 6.45) is 4.08. The molecule has 0 amide bonds. The van der Waals surface area contributed by atoms with Gasteiger partial charge in [-0.3, -0.25) is 4.57 Å². The average molecular weight is 688 g/mol. The van der Waals surface area contributed by atoms with Gasteiger partial charge in [-0.15, -0.1) is 11.7 Å². The van der Waals surface area contributed by atoms with Crippen LogP contribution in [-0.4, -0.2) is 40.8 Å². The van der Waals surface area contributed by atoms with E-state index in [4.69, 9.17) is 4.98 Å². The first-order valence-corrected chi connectivity index (χ1v) is 17.2. The summed E-state index contributed by atoms with van der Waals surface area (Å²) in [6.45, 7) is 0. The van der Waals surface area contributed by atoms with Gasteiger partial charge in [0.15, 0.2) is 5.65 Å². The number of para-hydroxylation sites is 3. The van der Waals surface area contributed by atoms with Gasteiger partial charge in [-0.25, -0.2) is 12.1 Å². The maximum Gasteiger partial charge on any atom is 2.00 e. The van der Waals surface area contributed by atoms with Crippen LogP contribution in [0.1, 0.15) is 0 Å². The van der Waals surface area contributed by atoms with E-state index in [-0.39, 0.29) is 19.5 Å². The van der Waals surface area contributed by atoms with Crippen molar-refractivity contribution < 1.29 is 19.5 Å². The minimum atomic E-state index is -1.46. The molecule has 9 heteroatoms. The van der Waals surface area contributed by atoms with Crippen LogP contribution in [-0.2, 0) is 33.6 Å². The maximum absolute atomic E-state index is 5.30. The van der Waals surface area contributed by atoms with Crippen LogP contribution < -0.4 is 10.4 Å². The second-order valence-corrected chi connectivity index (χ2v) is 14.3. The molecule has 0 aliphatic heterocycles. The van der Waals surface area contributed by atoms with Crippen molar-refractivity contribution in [2.24, 2.45) is 14.1 Å². The number of rotatable bonds is 5. The van der Waals surface area contributed by atoms with Crippen molar-refractivity contribution in [1.82, 2.24) is 31.9 Å². The molecular formula is C39H28N7SiZn. The van der Waals surface area contributed by atoms with E-state index < -0.39 is 8.96 Å². The minimum Gasteiger partial charge on any atom is -0.431 e. The number of benzene rings is 4. The van der Waals surface area contributed by atoms with Gasteiger partial charge in [0.1, 0.15) is 0 Å². The zero-order valence-corrected chi connectivity index (χ0v) is 30.5. The van der Waals surface area contributed by atoms with E-state index in [1.807, 2.05) is 19.3 Å². The average Bonchev–Trinajstić information content (AvgIpc) is 3.95. The molecule has 0 spiro atoms. The Morgan fingerprint density at radius 2 is 1.31 bits per heavy atom. The molecule has 0 saturated heterocycles. The summed E-state index contributed by atoms with van der Waals surface area (Å²) in [5, 5.41) is 3.87. The van der Waals surface area contributed by atoms with Gasteiger partial charge in [0.25, 0.3) is 0 Å². The van der Waals surface area contributed by atoms with Gasteiger partial charge in [0.2, 0.25) is 14.9 Å². The third-order valence-electron chi connectivity index (χ3n) is 9.39. The van der Waals surface area contributed by atoms with Crippen LogP contribution in [0.4, 0.5) is 0 Å². The monoisotopic (exact) mass is 686 g/mol. The summed E-state index contributed by atoms with van der Waals surface area (Å²) in [7, 11) is 2.67. The molecule has 0 bridgehead atoms. The minimum absolute atomic E-state index is 0. The molecule has 10 aromatic rings. The molecule has 225 valence electrons. The number of imidazole rings is 2. The standard InChI is InChI=1S/C39H28N7Si.Zn/c1-41-24-13-22-35(41)43-25-23-33-38(43)40-39(42(33)2)45-32-21-12-11-20-31(32)44-36(45)26-34-37(44)29-18-9-10-19-30(29)46(34)47(27-14-5-3-6-15-27)28-16-7-4-8-17-28;/h3-21,23-25H,1-2H3;/q-2;+2. The van der Waals surface area contributed by atoms with Crippen molar-refractivity contribution in [2.75, 3.05) is 0 Å². The molecule has 0 unspecified atom stereocenters. The van der Waals surface area contributed by atoms with Crippen molar-refractivity contribution in [1.29, 1.82) is 0 Å². The Balaban J connectivity index is 0.00000314. The van der Waals surface area contributed by atoms with Gasteiger partial charge in [0, 0.05) is 30.2 Å². The molecule has 1 radical (unpaired) electrons. The molecule has 0 aliphatic carbocycles. The third kappa shape index (κ3) is 3.92. The Bertz CT molecular complexity index is 2740. The smallest absolute Gasteiger partial charge is 0.431 e. The van der Waals surface area contributed by atoms with E-state index in [2.05, 4.69) is 168 Å². The molecule has 6 heterocycles. The molecule has 0 fully saturated rings. The molecule has 0 atom stereocenters. The van der Waals surface area contributed by atoms with Crippen LogP contribution >= 0.6 is 0 Å². The third-order valence-corrected chi connectivity index (χ3v) is 12.1. The second-order valence-electron chi connectivity index (χ2n) is 12.0. The van der Waals surface area contributed by atoms with Crippen LogP contribution in [0.15, 0.2) is 134 Å². The molecule has 0 aliphatic rings. The van der Waals surface area contributed by atoms with Crippen LogP contribution in [0, 0.1) is 12.1 Å². The Kier molecular flexibility index (Phi) is 6.51. The van der Waals surface area contributed by atoms with Gasteiger partial charge >= 0.3 is 19.5 Å². The predicted octanol–water partition coefficient (Wildman–Crippen LogP) is 6.26. The number of fused-ring (bicyclic) bond motifs is 8. The fraction of sp³-hybridized carbons (Fsp3) is 0.0513. The van der Waals surface area contributed by atoms with E-state index in [0.717, 1.165) is 45.1 Å². The van der Waals surface area contributed by atoms with Crippen LogP contribution in [0.2, 0.25) is 0 Å². The largest absolute Gasteiger partial charge is 2.00 e. The van der Waals surface area contributed by atoms with Gasteiger partial charge in [0.05, 0.1) is 16.6 Å². The van der Waals surface area contributed by atoms with Crippen LogP contribution in [0.25, 0.3) is 61.5 Å².